The van der Waals surface area contributed by atoms with Crippen molar-refractivity contribution in [1.29, 1.82) is 0 Å². The fourth-order valence-electron chi connectivity index (χ4n) is 3.30. The first-order valence-electron chi connectivity index (χ1n) is 8.57. The standard InChI is InChI=1S/C16H33N2O2P/c1-5-21(19,20-14-16(2,3)4)18-12-8-15(9-13-18)17-10-6-7-11-17/h15H,5-14H2,1-4H3. The van der Waals surface area contributed by atoms with Gasteiger partial charge in [0.15, 0.2) is 0 Å². The Kier molecular flexibility index (Phi) is 5.92. The van der Waals surface area contributed by atoms with Crippen LogP contribution >= 0.6 is 7.52 Å². The Bertz CT molecular complexity index is 367. The number of rotatable bonds is 5. The van der Waals surface area contributed by atoms with Crippen molar-refractivity contribution in [3.05, 3.63) is 0 Å². The molecule has 4 nitrogen and oxygen atoms in total. The molecule has 2 aliphatic rings. The molecular formula is C16H33N2O2P. The highest BCUT2D eigenvalue weighted by molar-refractivity contribution is 7.56. The number of hydrogen-bond donors (Lipinski definition) is 0. The van der Waals surface area contributed by atoms with Crippen LogP contribution < -0.4 is 0 Å². The lowest BCUT2D eigenvalue weighted by atomic mass is 9.99. The Labute approximate surface area is 130 Å². The summed E-state index contributed by atoms with van der Waals surface area (Å²) in [7, 11) is -2.62. The van der Waals surface area contributed by atoms with Gasteiger partial charge in [0.05, 0.1) is 6.61 Å². The van der Waals surface area contributed by atoms with E-state index in [4.69, 9.17) is 4.52 Å². The van der Waals surface area contributed by atoms with Crippen LogP contribution in [0.5, 0.6) is 0 Å². The first kappa shape index (κ1) is 17.5. The molecule has 5 heteroatoms. The Morgan fingerprint density at radius 2 is 1.67 bits per heavy atom. The molecule has 0 N–H and O–H groups in total. The molecular weight excluding hydrogens is 283 g/mol. The van der Waals surface area contributed by atoms with E-state index in [0.29, 0.717) is 18.8 Å². The van der Waals surface area contributed by atoms with Gasteiger partial charge in [-0.2, -0.15) is 0 Å². The SMILES string of the molecule is CCP(=O)(OCC(C)(C)C)N1CCC(N2CCCC2)CC1. The van der Waals surface area contributed by atoms with Gasteiger partial charge in [0.2, 0.25) is 0 Å². The molecule has 2 rings (SSSR count). The lowest BCUT2D eigenvalue weighted by molar-refractivity contribution is 0.139. The topological polar surface area (TPSA) is 32.8 Å². The summed E-state index contributed by atoms with van der Waals surface area (Å²) in [5, 5.41) is 0. The van der Waals surface area contributed by atoms with Crippen molar-refractivity contribution in [1.82, 2.24) is 9.57 Å². The summed E-state index contributed by atoms with van der Waals surface area (Å²) in [6, 6.07) is 0.705. The maximum Gasteiger partial charge on any atom is 0.272 e. The largest absolute Gasteiger partial charge is 0.317 e. The summed E-state index contributed by atoms with van der Waals surface area (Å²) in [5.41, 5.74) is 0.0682. The van der Waals surface area contributed by atoms with Crippen molar-refractivity contribution in [2.24, 2.45) is 5.41 Å². The van der Waals surface area contributed by atoms with Crippen molar-refractivity contribution in [2.45, 2.75) is 59.4 Å². The van der Waals surface area contributed by atoms with E-state index in [1.165, 1.54) is 25.9 Å². The molecule has 2 aliphatic heterocycles. The highest BCUT2D eigenvalue weighted by atomic mass is 31.2. The molecule has 1 atom stereocenters. The molecule has 2 fully saturated rings. The van der Waals surface area contributed by atoms with Gasteiger partial charge in [-0.3, -0.25) is 4.57 Å². The molecule has 124 valence electrons. The van der Waals surface area contributed by atoms with Crippen LogP contribution in [0.3, 0.4) is 0 Å². The van der Waals surface area contributed by atoms with Gasteiger partial charge < -0.3 is 9.42 Å². The zero-order valence-corrected chi connectivity index (χ0v) is 15.2. The second-order valence-electron chi connectivity index (χ2n) is 7.72. The van der Waals surface area contributed by atoms with Gasteiger partial charge >= 0.3 is 0 Å². The zero-order chi connectivity index (χ0) is 15.5. The molecule has 0 radical (unpaired) electrons. The van der Waals surface area contributed by atoms with Crippen molar-refractivity contribution in [3.63, 3.8) is 0 Å². The molecule has 0 amide bonds. The fourth-order valence-corrected chi connectivity index (χ4v) is 5.47. The third-order valence-electron chi connectivity index (χ3n) is 4.63. The summed E-state index contributed by atoms with van der Waals surface area (Å²) >= 11 is 0. The van der Waals surface area contributed by atoms with E-state index < -0.39 is 7.52 Å². The fraction of sp³-hybridized carbons (Fsp3) is 1.00. The number of hydrogen-bond acceptors (Lipinski definition) is 3. The van der Waals surface area contributed by atoms with Gasteiger partial charge in [-0.05, 0) is 44.2 Å². The molecule has 0 aromatic rings. The van der Waals surface area contributed by atoms with Crippen LogP contribution in [0.2, 0.25) is 0 Å². The second-order valence-corrected chi connectivity index (χ2v) is 10.4. The Morgan fingerprint density at radius 1 is 1.10 bits per heavy atom. The van der Waals surface area contributed by atoms with Gasteiger partial charge in [0, 0.05) is 25.3 Å². The highest BCUT2D eigenvalue weighted by Crippen LogP contribution is 2.52. The number of nitrogens with zero attached hydrogens (tertiary/aromatic N) is 2. The van der Waals surface area contributed by atoms with Crippen LogP contribution in [-0.2, 0) is 9.09 Å². The average Bonchev–Trinajstić information content (AvgIpc) is 2.98. The monoisotopic (exact) mass is 316 g/mol. The molecule has 0 aliphatic carbocycles. The minimum Gasteiger partial charge on any atom is -0.317 e. The molecule has 1 unspecified atom stereocenters. The van der Waals surface area contributed by atoms with Gasteiger partial charge in [-0.25, -0.2) is 4.67 Å². The van der Waals surface area contributed by atoms with Crippen molar-refractivity contribution >= 4 is 7.52 Å². The third kappa shape index (κ3) is 4.79. The quantitative estimate of drug-likeness (QED) is 0.722. The van der Waals surface area contributed by atoms with Crippen LogP contribution in [0.25, 0.3) is 0 Å². The smallest absolute Gasteiger partial charge is 0.272 e. The summed E-state index contributed by atoms with van der Waals surface area (Å²) in [6.07, 6.45) is 5.61. The van der Waals surface area contributed by atoms with Gasteiger partial charge in [0.1, 0.15) is 0 Å². The minimum absolute atomic E-state index is 0.0682. The maximum atomic E-state index is 13.1. The minimum atomic E-state index is -2.62. The van der Waals surface area contributed by atoms with E-state index in [1.54, 1.807) is 0 Å². The van der Waals surface area contributed by atoms with Crippen LogP contribution in [0.4, 0.5) is 0 Å². The van der Waals surface area contributed by atoms with Gasteiger partial charge in [-0.1, -0.05) is 27.7 Å². The number of likely N-dealkylation sites (tertiary alicyclic amines) is 1. The van der Waals surface area contributed by atoms with E-state index >= 15 is 0 Å². The van der Waals surface area contributed by atoms with E-state index in [-0.39, 0.29) is 5.41 Å². The maximum absolute atomic E-state index is 13.1. The summed E-state index contributed by atoms with van der Waals surface area (Å²) in [6.45, 7) is 13.3. The normalized spacial score (nSPS) is 26.1. The van der Waals surface area contributed by atoms with Crippen molar-refractivity contribution < 1.29 is 9.09 Å². The average molecular weight is 316 g/mol. The van der Waals surface area contributed by atoms with Gasteiger partial charge in [-0.15, -0.1) is 0 Å². The van der Waals surface area contributed by atoms with Gasteiger partial charge in [0.25, 0.3) is 7.52 Å². The van der Waals surface area contributed by atoms with E-state index in [1.807, 2.05) is 6.92 Å². The number of piperidine rings is 1. The van der Waals surface area contributed by atoms with E-state index in [0.717, 1.165) is 25.9 Å². The second kappa shape index (κ2) is 7.12. The van der Waals surface area contributed by atoms with Crippen LogP contribution in [0.15, 0.2) is 0 Å². The Morgan fingerprint density at radius 3 is 2.14 bits per heavy atom. The Hall–Kier alpha value is 0.110. The predicted octanol–water partition coefficient (Wildman–Crippen LogP) is 3.82. The van der Waals surface area contributed by atoms with Crippen LogP contribution in [-0.4, -0.2) is 54.6 Å². The molecule has 0 aromatic carbocycles. The predicted molar refractivity (Wildman–Crippen MR) is 89.0 cm³/mol. The Balaban J connectivity index is 1.87. The third-order valence-corrected chi connectivity index (χ3v) is 7.22. The lowest BCUT2D eigenvalue weighted by Crippen LogP contribution is -2.43. The van der Waals surface area contributed by atoms with E-state index in [9.17, 15) is 4.57 Å². The highest BCUT2D eigenvalue weighted by Gasteiger charge is 2.36. The van der Waals surface area contributed by atoms with E-state index in [2.05, 4.69) is 30.3 Å². The summed E-state index contributed by atoms with van der Waals surface area (Å²) < 4.78 is 21.2. The molecule has 0 bridgehead atoms. The molecule has 0 aromatic heterocycles. The molecule has 0 spiro atoms. The lowest BCUT2D eigenvalue weighted by Gasteiger charge is -2.40. The first-order chi connectivity index (χ1) is 9.84. The molecule has 21 heavy (non-hydrogen) atoms. The van der Waals surface area contributed by atoms with Crippen LogP contribution in [0.1, 0.15) is 53.4 Å². The molecule has 2 heterocycles. The zero-order valence-electron chi connectivity index (χ0n) is 14.3. The first-order valence-corrected chi connectivity index (χ1v) is 10.3. The molecule has 0 saturated carbocycles. The summed E-state index contributed by atoms with van der Waals surface area (Å²) in [4.78, 5) is 2.63. The van der Waals surface area contributed by atoms with Crippen molar-refractivity contribution in [2.75, 3.05) is 38.9 Å². The van der Waals surface area contributed by atoms with Crippen LogP contribution in [0, 0.1) is 5.41 Å². The molecule has 2 saturated heterocycles. The summed E-state index contributed by atoms with van der Waals surface area (Å²) in [5.74, 6) is 0. The van der Waals surface area contributed by atoms with Crippen molar-refractivity contribution in [3.8, 4) is 0 Å².